The zero-order valence-electron chi connectivity index (χ0n) is 20.3. The Labute approximate surface area is 204 Å². The van der Waals surface area contributed by atoms with E-state index in [1.165, 1.54) is 0 Å². The van der Waals surface area contributed by atoms with Crippen LogP contribution in [-0.4, -0.2) is 49.1 Å². The molecule has 3 aromatic rings. The van der Waals surface area contributed by atoms with Crippen molar-refractivity contribution >= 4 is 17.5 Å². The molecule has 5 rings (SSSR count). The SMILES string of the molecule is CCc1cc(C(=O)N2CCCCC[C@H]2C)nc2cc(-c3ccc4c(c3F)CC[C@@H](C(=O)O)C4)nn12. The number of carboxylic acid groups (broad SMARTS) is 1. The number of carboxylic acids is 1. The molecule has 7 nitrogen and oxygen atoms in total. The first-order valence-electron chi connectivity index (χ1n) is 12.6. The van der Waals surface area contributed by atoms with Gasteiger partial charge in [-0.3, -0.25) is 9.59 Å². The van der Waals surface area contributed by atoms with Crippen molar-refractivity contribution in [3.8, 4) is 11.3 Å². The van der Waals surface area contributed by atoms with Crippen LogP contribution >= 0.6 is 0 Å². The van der Waals surface area contributed by atoms with Gasteiger partial charge in [0.2, 0.25) is 0 Å². The summed E-state index contributed by atoms with van der Waals surface area (Å²) < 4.78 is 17.2. The van der Waals surface area contributed by atoms with E-state index in [4.69, 9.17) is 0 Å². The van der Waals surface area contributed by atoms with Gasteiger partial charge in [-0.1, -0.05) is 25.8 Å². The Kier molecular flexibility index (Phi) is 6.30. The topological polar surface area (TPSA) is 87.8 Å². The zero-order chi connectivity index (χ0) is 24.7. The number of amides is 1. The Morgan fingerprint density at radius 1 is 1.17 bits per heavy atom. The molecule has 1 aliphatic carbocycles. The van der Waals surface area contributed by atoms with Crippen molar-refractivity contribution in [1.29, 1.82) is 0 Å². The van der Waals surface area contributed by atoms with Crippen molar-refractivity contribution in [2.45, 2.75) is 71.3 Å². The molecular formula is C27H31FN4O3. The number of halogens is 1. The van der Waals surface area contributed by atoms with Crippen molar-refractivity contribution in [2.24, 2.45) is 5.92 Å². The summed E-state index contributed by atoms with van der Waals surface area (Å²) in [6.07, 6.45) is 6.08. The van der Waals surface area contributed by atoms with Crippen molar-refractivity contribution in [3.63, 3.8) is 0 Å². The monoisotopic (exact) mass is 478 g/mol. The van der Waals surface area contributed by atoms with E-state index in [0.717, 1.165) is 43.5 Å². The third kappa shape index (κ3) is 4.30. The van der Waals surface area contributed by atoms with E-state index in [2.05, 4.69) is 17.0 Å². The van der Waals surface area contributed by atoms with Crippen molar-refractivity contribution in [2.75, 3.05) is 6.54 Å². The summed E-state index contributed by atoms with van der Waals surface area (Å²) in [6.45, 7) is 4.83. The summed E-state index contributed by atoms with van der Waals surface area (Å²) in [5.74, 6) is -1.71. The molecule has 184 valence electrons. The second-order valence-corrected chi connectivity index (χ2v) is 9.83. The molecule has 0 unspecified atom stereocenters. The molecule has 0 saturated carbocycles. The maximum absolute atomic E-state index is 15.5. The molecule has 0 radical (unpaired) electrons. The van der Waals surface area contributed by atoms with Crippen LogP contribution in [0.15, 0.2) is 24.3 Å². The number of nitrogens with zero attached hydrogens (tertiary/aromatic N) is 4. The molecule has 8 heteroatoms. The maximum atomic E-state index is 15.5. The minimum absolute atomic E-state index is 0.0627. The fraction of sp³-hybridized carbons (Fsp3) is 0.481. The summed E-state index contributed by atoms with van der Waals surface area (Å²) >= 11 is 0. The number of benzene rings is 1. The van der Waals surface area contributed by atoms with Gasteiger partial charge in [0.1, 0.15) is 11.5 Å². The van der Waals surface area contributed by atoms with E-state index in [1.807, 2.05) is 17.9 Å². The molecule has 1 N–H and O–H groups in total. The number of aryl methyl sites for hydroxylation is 1. The summed E-state index contributed by atoms with van der Waals surface area (Å²) in [7, 11) is 0. The Hall–Kier alpha value is -3.29. The van der Waals surface area contributed by atoms with E-state index in [9.17, 15) is 14.7 Å². The predicted molar refractivity (Wildman–Crippen MR) is 130 cm³/mol. The number of aromatic nitrogens is 3. The highest BCUT2D eigenvalue weighted by Gasteiger charge is 2.28. The highest BCUT2D eigenvalue weighted by Crippen LogP contribution is 2.33. The molecule has 2 aliphatic rings. The van der Waals surface area contributed by atoms with Gasteiger partial charge in [0.15, 0.2) is 5.65 Å². The lowest BCUT2D eigenvalue weighted by Gasteiger charge is -2.27. The molecule has 0 bridgehead atoms. The van der Waals surface area contributed by atoms with Crippen molar-refractivity contribution in [1.82, 2.24) is 19.5 Å². The van der Waals surface area contributed by atoms with Crippen molar-refractivity contribution < 1.29 is 19.1 Å². The number of carbonyl (C=O) groups excluding carboxylic acids is 1. The first-order valence-corrected chi connectivity index (χ1v) is 12.6. The third-order valence-electron chi connectivity index (χ3n) is 7.57. The standard InChI is InChI=1S/C27H31FN4O3/c1-3-19-14-23(26(33)31-12-6-4-5-7-16(31)2)29-24-15-22(30-32(19)24)21-11-8-17-13-18(27(34)35)9-10-20(17)25(21)28/h8,11,14-16,18H,3-7,9-10,12-13H2,1-2H3,(H,34,35)/t16-,18-/m1/s1. The Balaban J connectivity index is 1.52. The van der Waals surface area contributed by atoms with Crippen LogP contribution in [0.4, 0.5) is 4.39 Å². The van der Waals surface area contributed by atoms with E-state index in [1.54, 1.807) is 22.7 Å². The fourth-order valence-corrected chi connectivity index (χ4v) is 5.47. The molecule has 1 fully saturated rings. The number of hydrogen-bond donors (Lipinski definition) is 1. The fourth-order valence-electron chi connectivity index (χ4n) is 5.47. The molecule has 1 aliphatic heterocycles. The largest absolute Gasteiger partial charge is 0.481 e. The summed E-state index contributed by atoms with van der Waals surface area (Å²) in [6, 6.07) is 7.21. The van der Waals surface area contributed by atoms with E-state index < -0.39 is 11.9 Å². The van der Waals surface area contributed by atoms with Crippen molar-refractivity contribution in [3.05, 3.63) is 52.6 Å². The first-order chi connectivity index (χ1) is 16.9. The molecule has 2 aromatic heterocycles. The molecule has 1 aromatic carbocycles. The first kappa shape index (κ1) is 23.5. The maximum Gasteiger partial charge on any atom is 0.306 e. The summed E-state index contributed by atoms with van der Waals surface area (Å²) in [5, 5.41) is 14.0. The van der Waals surface area contributed by atoms with Crippen LogP contribution in [0.5, 0.6) is 0 Å². The summed E-state index contributed by atoms with van der Waals surface area (Å²) in [5.41, 5.74) is 3.93. The Morgan fingerprint density at radius 2 is 2.00 bits per heavy atom. The Morgan fingerprint density at radius 3 is 2.77 bits per heavy atom. The number of hydrogen-bond acceptors (Lipinski definition) is 4. The van der Waals surface area contributed by atoms with Gasteiger partial charge in [0, 0.05) is 29.9 Å². The number of aliphatic carboxylic acids is 1. The quantitative estimate of drug-likeness (QED) is 0.588. The second kappa shape index (κ2) is 9.40. The van der Waals surface area contributed by atoms with Gasteiger partial charge in [0.05, 0.1) is 11.6 Å². The third-order valence-corrected chi connectivity index (χ3v) is 7.57. The Bertz CT molecular complexity index is 1300. The van der Waals surface area contributed by atoms with Gasteiger partial charge in [-0.2, -0.15) is 5.10 Å². The van der Waals surface area contributed by atoms with Gasteiger partial charge >= 0.3 is 5.97 Å². The lowest BCUT2D eigenvalue weighted by atomic mass is 9.82. The van der Waals surface area contributed by atoms with E-state index in [-0.39, 0.29) is 17.8 Å². The molecule has 1 saturated heterocycles. The van der Waals surface area contributed by atoms with Crippen LogP contribution in [0.2, 0.25) is 0 Å². The van der Waals surface area contributed by atoms with Gasteiger partial charge in [-0.25, -0.2) is 13.9 Å². The minimum atomic E-state index is -0.835. The molecular weight excluding hydrogens is 447 g/mol. The van der Waals surface area contributed by atoms with E-state index >= 15 is 4.39 Å². The smallest absolute Gasteiger partial charge is 0.306 e. The molecule has 3 heterocycles. The highest BCUT2D eigenvalue weighted by atomic mass is 19.1. The van der Waals surface area contributed by atoms with Crippen LogP contribution in [-0.2, 0) is 24.1 Å². The molecule has 35 heavy (non-hydrogen) atoms. The minimum Gasteiger partial charge on any atom is -0.481 e. The lowest BCUT2D eigenvalue weighted by Crippen LogP contribution is -2.38. The number of carbonyl (C=O) groups is 2. The molecule has 2 atom stereocenters. The van der Waals surface area contributed by atoms with E-state index in [0.29, 0.717) is 53.8 Å². The summed E-state index contributed by atoms with van der Waals surface area (Å²) in [4.78, 5) is 31.3. The second-order valence-electron chi connectivity index (χ2n) is 9.83. The van der Waals surface area contributed by atoms with Crippen LogP contribution in [0.3, 0.4) is 0 Å². The van der Waals surface area contributed by atoms with Gasteiger partial charge in [-0.15, -0.1) is 0 Å². The lowest BCUT2D eigenvalue weighted by molar-refractivity contribution is -0.142. The highest BCUT2D eigenvalue weighted by molar-refractivity contribution is 5.93. The number of likely N-dealkylation sites (tertiary alicyclic amines) is 1. The average molecular weight is 479 g/mol. The van der Waals surface area contributed by atoms with Crippen LogP contribution < -0.4 is 0 Å². The zero-order valence-corrected chi connectivity index (χ0v) is 20.3. The average Bonchev–Trinajstić information content (AvgIpc) is 3.17. The van der Waals surface area contributed by atoms with Crippen LogP contribution in [0.25, 0.3) is 16.9 Å². The van der Waals surface area contributed by atoms with Gasteiger partial charge in [0.25, 0.3) is 5.91 Å². The predicted octanol–water partition coefficient (Wildman–Crippen LogP) is 4.69. The van der Waals surface area contributed by atoms with Gasteiger partial charge in [-0.05, 0) is 68.7 Å². The molecule has 1 amide bonds. The normalized spacial score (nSPS) is 20.5. The van der Waals surface area contributed by atoms with Crippen LogP contribution in [0.1, 0.15) is 73.3 Å². The molecule has 0 spiro atoms. The van der Waals surface area contributed by atoms with Gasteiger partial charge < -0.3 is 10.0 Å². The van der Waals surface area contributed by atoms with Crippen LogP contribution in [0, 0.1) is 11.7 Å². The number of rotatable bonds is 4. The number of fused-ring (bicyclic) bond motifs is 2.